The van der Waals surface area contributed by atoms with Crippen molar-refractivity contribution in [3.63, 3.8) is 0 Å². The number of nitrogens with one attached hydrogen (secondary N) is 2. The van der Waals surface area contributed by atoms with E-state index in [1.54, 1.807) is 42.6 Å². The van der Waals surface area contributed by atoms with E-state index in [4.69, 9.17) is 14.2 Å². The van der Waals surface area contributed by atoms with Gasteiger partial charge in [0.2, 0.25) is 11.8 Å². The predicted octanol–water partition coefficient (Wildman–Crippen LogP) is 5.75. The molecule has 13 nitrogen and oxygen atoms in total. The quantitative estimate of drug-likeness (QED) is 0.126. The Bertz CT molecular complexity index is 2260. The topological polar surface area (TPSA) is 177 Å². The lowest BCUT2D eigenvalue weighted by atomic mass is 9.49. The van der Waals surface area contributed by atoms with Gasteiger partial charge in [0, 0.05) is 40.4 Å². The second-order valence-electron chi connectivity index (χ2n) is 15.6. The van der Waals surface area contributed by atoms with Crippen molar-refractivity contribution in [1.29, 1.82) is 5.26 Å². The van der Waals surface area contributed by atoms with Crippen molar-refractivity contribution >= 4 is 40.4 Å². The summed E-state index contributed by atoms with van der Waals surface area (Å²) in [4.78, 5) is 68.5. The van der Waals surface area contributed by atoms with E-state index in [0.717, 1.165) is 29.5 Å². The first kappa shape index (κ1) is 38.0. The van der Waals surface area contributed by atoms with Crippen LogP contribution in [0.15, 0.2) is 72.9 Å². The van der Waals surface area contributed by atoms with Crippen LogP contribution in [0.3, 0.4) is 0 Å². The lowest BCUT2D eigenvalue weighted by Crippen LogP contribution is -2.74. The van der Waals surface area contributed by atoms with Crippen LogP contribution in [0.1, 0.15) is 96.4 Å². The molecule has 0 spiro atoms. The maximum absolute atomic E-state index is 13.4. The zero-order valence-corrected chi connectivity index (χ0v) is 31.7. The number of piperidine rings is 1. The third-order valence-corrected chi connectivity index (χ3v) is 11.1. The van der Waals surface area contributed by atoms with Gasteiger partial charge in [-0.15, -0.1) is 0 Å². The number of pyridine rings is 1. The molecule has 1 saturated carbocycles. The standard InChI is InChI=1S/C43H43N5O8/c1-42(2)40(43(3,4)41(42)56-33-18-12-26(24-44)35-30(33)9-8-20-45-35)47-36(50)25-10-13-27(14-11-25)54-21-6-5-7-22-55-28-15-16-29-31(23-28)39(53)48(38(29)52)32-17-19-34(49)46-37(32)51/h8-16,18,20,23,32,40-41H,5-7,17,19,21-22H2,1-4H3,(H,47,50)(H,46,49,51). The summed E-state index contributed by atoms with van der Waals surface area (Å²) < 4.78 is 18.4. The number of hydrogen-bond acceptors (Lipinski definition) is 10. The minimum atomic E-state index is -1.01. The fourth-order valence-corrected chi connectivity index (χ4v) is 8.48. The summed E-state index contributed by atoms with van der Waals surface area (Å²) >= 11 is 0. The largest absolute Gasteiger partial charge is 0.494 e. The first-order chi connectivity index (χ1) is 26.8. The number of aromatic nitrogens is 1. The summed E-state index contributed by atoms with van der Waals surface area (Å²) in [7, 11) is 0. The highest BCUT2D eigenvalue weighted by atomic mass is 16.5. The van der Waals surface area contributed by atoms with Crippen molar-refractivity contribution in [2.75, 3.05) is 13.2 Å². The first-order valence-electron chi connectivity index (χ1n) is 18.8. The molecular formula is C43H43N5O8. The summed E-state index contributed by atoms with van der Waals surface area (Å²) in [6, 6.07) is 20.0. The predicted molar refractivity (Wildman–Crippen MR) is 204 cm³/mol. The minimum Gasteiger partial charge on any atom is -0.494 e. The van der Waals surface area contributed by atoms with Crippen molar-refractivity contribution in [2.24, 2.45) is 10.8 Å². The van der Waals surface area contributed by atoms with Gasteiger partial charge in [-0.2, -0.15) is 5.26 Å². The molecule has 0 radical (unpaired) electrons. The van der Waals surface area contributed by atoms with Gasteiger partial charge in [0.05, 0.1) is 35.4 Å². The molecule has 1 aromatic heterocycles. The molecule has 2 fully saturated rings. The number of nitrogens with zero attached hydrogens (tertiary/aromatic N) is 3. The average molecular weight is 758 g/mol. The molecule has 13 heteroatoms. The van der Waals surface area contributed by atoms with Gasteiger partial charge in [-0.25, -0.2) is 0 Å². The van der Waals surface area contributed by atoms with E-state index in [0.29, 0.717) is 47.1 Å². The fourth-order valence-electron chi connectivity index (χ4n) is 8.48. The summed E-state index contributed by atoms with van der Waals surface area (Å²) in [5, 5.41) is 15.7. The zero-order valence-electron chi connectivity index (χ0n) is 31.7. The lowest BCUT2D eigenvalue weighted by molar-refractivity contribution is -0.163. The molecule has 1 saturated heterocycles. The monoisotopic (exact) mass is 757 g/mol. The Labute approximate surface area is 324 Å². The van der Waals surface area contributed by atoms with E-state index in [9.17, 15) is 29.2 Å². The SMILES string of the molecule is CC1(C)C(NC(=O)c2ccc(OCCCCCOc3ccc4c(c3)C(=O)N(C3CCC(=O)NC3=O)C4=O)cc2)C(C)(C)C1Oc1ccc(C#N)c2ncccc12. The number of hydrogen-bond donors (Lipinski definition) is 2. The molecule has 1 unspecified atom stereocenters. The Hall–Kier alpha value is -6.29. The molecule has 0 bridgehead atoms. The van der Waals surface area contributed by atoms with Gasteiger partial charge in [0.15, 0.2) is 0 Å². The molecular weight excluding hydrogens is 714 g/mol. The number of unbranched alkanes of at least 4 members (excludes halogenated alkanes) is 2. The van der Waals surface area contributed by atoms with Crippen LogP contribution >= 0.6 is 0 Å². The number of carbonyl (C=O) groups is 5. The number of fused-ring (bicyclic) bond motifs is 2. The minimum absolute atomic E-state index is 0.0609. The number of rotatable bonds is 13. The van der Waals surface area contributed by atoms with Crippen molar-refractivity contribution in [2.45, 2.75) is 78.0 Å². The zero-order chi connectivity index (χ0) is 39.8. The Kier molecular flexibility index (Phi) is 10.2. The van der Waals surface area contributed by atoms with Crippen LogP contribution in [0.4, 0.5) is 0 Å². The van der Waals surface area contributed by atoms with Crippen LogP contribution < -0.4 is 24.8 Å². The van der Waals surface area contributed by atoms with E-state index in [2.05, 4.69) is 49.4 Å². The van der Waals surface area contributed by atoms with Crippen LogP contribution in [0.5, 0.6) is 17.2 Å². The molecule has 1 atom stereocenters. The number of imide groups is 2. The number of amides is 5. The molecule has 56 heavy (non-hydrogen) atoms. The Morgan fingerprint density at radius 1 is 0.893 bits per heavy atom. The number of nitriles is 1. The van der Waals surface area contributed by atoms with Crippen LogP contribution in [-0.2, 0) is 9.59 Å². The van der Waals surface area contributed by atoms with E-state index in [1.807, 2.05) is 18.2 Å². The summed E-state index contributed by atoms with van der Waals surface area (Å²) in [5.74, 6) is -0.621. The van der Waals surface area contributed by atoms with Gasteiger partial charge in [0.25, 0.3) is 17.7 Å². The Morgan fingerprint density at radius 3 is 2.27 bits per heavy atom. The van der Waals surface area contributed by atoms with E-state index < -0.39 is 40.5 Å². The molecule has 7 rings (SSSR count). The van der Waals surface area contributed by atoms with Crippen LogP contribution in [0.25, 0.3) is 10.9 Å². The van der Waals surface area contributed by atoms with Gasteiger partial charge in [-0.3, -0.25) is 39.2 Å². The van der Waals surface area contributed by atoms with E-state index >= 15 is 0 Å². The molecule has 288 valence electrons. The second-order valence-corrected chi connectivity index (χ2v) is 15.6. The Morgan fingerprint density at radius 2 is 1.57 bits per heavy atom. The van der Waals surface area contributed by atoms with Crippen LogP contribution in [-0.4, -0.2) is 70.8 Å². The number of ether oxygens (including phenoxy) is 3. The van der Waals surface area contributed by atoms with Crippen molar-refractivity contribution in [3.05, 3.63) is 95.2 Å². The molecule has 4 aromatic rings. The van der Waals surface area contributed by atoms with Gasteiger partial charge in [-0.05, 0) is 92.4 Å². The summed E-state index contributed by atoms with van der Waals surface area (Å²) in [5.41, 5.74) is 1.21. The van der Waals surface area contributed by atoms with Gasteiger partial charge in [0.1, 0.15) is 35.5 Å². The summed E-state index contributed by atoms with van der Waals surface area (Å²) in [6.45, 7) is 9.21. The van der Waals surface area contributed by atoms with Crippen LogP contribution in [0, 0.1) is 22.2 Å². The highest BCUT2D eigenvalue weighted by molar-refractivity contribution is 6.23. The van der Waals surface area contributed by atoms with Gasteiger partial charge < -0.3 is 19.5 Å². The van der Waals surface area contributed by atoms with E-state index in [-0.39, 0.29) is 42.0 Å². The van der Waals surface area contributed by atoms with Gasteiger partial charge >= 0.3 is 0 Å². The smallest absolute Gasteiger partial charge is 0.262 e. The Balaban J connectivity index is 0.841. The molecule has 2 aliphatic heterocycles. The second kappa shape index (κ2) is 15.1. The van der Waals surface area contributed by atoms with Crippen molar-refractivity contribution in [1.82, 2.24) is 20.5 Å². The summed E-state index contributed by atoms with van der Waals surface area (Å²) in [6.07, 6.45) is 3.93. The molecule has 3 heterocycles. The maximum Gasteiger partial charge on any atom is 0.262 e. The average Bonchev–Trinajstić information content (AvgIpc) is 3.43. The van der Waals surface area contributed by atoms with E-state index in [1.165, 1.54) is 12.1 Å². The number of benzene rings is 3. The third kappa shape index (κ3) is 7.03. The third-order valence-electron chi connectivity index (χ3n) is 11.1. The van der Waals surface area contributed by atoms with Crippen LogP contribution in [0.2, 0.25) is 0 Å². The van der Waals surface area contributed by atoms with Crippen molar-refractivity contribution < 1.29 is 38.2 Å². The maximum atomic E-state index is 13.4. The van der Waals surface area contributed by atoms with Gasteiger partial charge in [-0.1, -0.05) is 27.7 Å². The molecule has 3 aromatic carbocycles. The number of carbonyl (C=O) groups excluding carboxylic acids is 5. The highest BCUT2D eigenvalue weighted by Crippen LogP contribution is 2.56. The molecule has 5 amide bonds. The lowest BCUT2D eigenvalue weighted by Gasteiger charge is -2.63. The first-order valence-corrected chi connectivity index (χ1v) is 18.8. The highest BCUT2D eigenvalue weighted by Gasteiger charge is 2.64. The molecule has 1 aliphatic carbocycles. The normalized spacial score (nSPS) is 20.8. The molecule has 2 N–H and O–H groups in total. The molecule has 3 aliphatic rings. The fraction of sp³-hybridized carbons (Fsp3) is 0.372. The van der Waals surface area contributed by atoms with Crippen molar-refractivity contribution in [3.8, 4) is 23.3 Å².